The van der Waals surface area contributed by atoms with Crippen LogP contribution < -0.4 is 0 Å². The summed E-state index contributed by atoms with van der Waals surface area (Å²) in [5, 5.41) is 8.77. The lowest BCUT2D eigenvalue weighted by molar-refractivity contribution is -0.0238. The van der Waals surface area contributed by atoms with Gasteiger partial charge in [-0.1, -0.05) is 30.7 Å². The standard InChI is InChI=1S/C18H29IO4/c1-13(9-7-8-10-20)11-16(14(2)12-15(3)19)22-17(21)23-18(4,5)6/h7-8,11-12,14,16,20H,9-10H2,1-6H3/b8-7+,13-11+,15-12-/t14-,16+/m0/s1. The Balaban J connectivity index is 5.09. The van der Waals surface area contributed by atoms with E-state index in [1.165, 1.54) is 0 Å². The van der Waals surface area contributed by atoms with Crippen LogP contribution in [0.3, 0.4) is 0 Å². The quantitative estimate of drug-likeness (QED) is 0.340. The van der Waals surface area contributed by atoms with E-state index in [0.717, 1.165) is 9.15 Å². The summed E-state index contributed by atoms with van der Waals surface area (Å²) in [6.07, 6.45) is 7.23. The van der Waals surface area contributed by atoms with Gasteiger partial charge in [-0.25, -0.2) is 4.79 Å². The van der Waals surface area contributed by atoms with Gasteiger partial charge in [-0.2, -0.15) is 0 Å². The SMILES string of the molecule is C/C(I)=C/[C@H](C)[C@@H](/C=C(\C)C/C=C/CO)OC(=O)OC(C)(C)C. The Bertz CT molecular complexity index is 454. The summed E-state index contributed by atoms with van der Waals surface area (Å²) in [5.74, 6) is 0.0381. The second-order valence-electron chi connectivity index (χ2n) is 6.53. The van der Waals surface area contributed by atoms with Crippen LogP contribution >= 0.6 is 22.6 Å². The third-order valence-electron chi connectivity index (χ3n) is 2.79. The molecule has 0 heterocycles. The van der Waals surface area contributed by atoms with Crippen molar-refractivity contribution in [3.63, 3.8) is 0 Å². The highest BCUT2D eigenvalue weighted by molar-refractivity contribution is 14.1. The van der Waals surface area contributed by atoms with Gasteiger partial charge in [-0.05, 0) is 73.3 Å². The van der Waals surface area contributed by atoms with Crippen LogP contribution in [0.2, 0.25) is 0 Å². The average molecular weight is 436 g/mol. The van der Waals surface area contributed by atoms with Gasteiger partial charge in [0.05, 0.1) is 6.61 Å². The van der Waals surface area contributed by atoms with E-state index < -0.39 is 17.9 Å². The van der Waals surface area contributed by atoms with Crippen molar-refractivity contribution >= 4 is 28.7 Å². The van der Waals surface area contributed by atoms with Crippen LogP contribution in [0.25, 0.3) is 0 Å². The fourth-order valence-corrected chi connectivity index (χ4v) is 2.39. The van der Waals surface area contributed by atoms with E-state index >= 15 is 0 Å². The fraction of sp³-hybridized carbons (Fsp3) is 0.611. The summed E-state index contributed by atoms with van der Waals surface area (Å²) in [4.78, 5) is 12.0. The zero-order valence-corrected chi connectivity index (χ0v) is 17.1. The monoisotopic (exact) mass is 436 g/mol. The number of ether oxygens (including phenoxy) is 2. The normalized spacial score (nSPS) is 16.3. The molecule has 2 atom stereocenters. The summed E-state index contributed by atoms with van der Waals surface area (Å²) in [5.41, 5.74) is 0.484. The van der Waals surface area contributed by atoms with E-state index in [-0.39, 0.29) is 12.5 Å². The maximum atomic E-state index is 12.0. The number of halogens is 1. The van der Waals surface area contributed by atoms with Crippen molar-refractivity contribution in [2.45, 2.75) is 59.7 Å². The Hall–Kier alpha value is -0.820. The van der Waals surface area contributed by atoms with E-state index in [1.807, 2.05) is 53.7 Å². The Kier molecular flexibility index (Phi) is 10.5. The van der Waals surface area contributed by atoms with E-state index in [4.69, 9.17) is 14.6 Å². The van der Waals surface area contributed by atoms with E-state index in [0.29, 0.717) is 6.42 Å². The van der Waals surface area contributed by atoms with E-state index in [2.05, 4.69) is 28.7 Å². The predicted octanol–water partition coefficient (Wildman–Crippen LogP) is 5.17. The fourth-order valence-electron chi connectivity index (χ4n) is 1.83. The van der Waals surface area contributed by atoms with E-state index in [9.17, 15) is 4.79 Å². The molecule has 0 fully saturated rings. The number of aliphatic hydroxyl groups excluding tert-OH is 1. The van der Waals surface area contributed by atoms with Crippen LogP contribution in [0.1, 0.15) is 48.0 Å². The van der Waals surface area contributed by atoms with Gasteiger partial charge < -0.3 is 14.6 Å². The van der Waals surface area contributed by atoms with Gasteiger partial charge in [-0.15, -0.1) is 0 Å². The summed E-state index contributed by atoms with van der Waals surface area (Å²) in [6, 6.07) is 0. The second kappa shape index (κ2) is 10.9. The van der Waals surface area contributed by atoms with Crippen molar-refractivity contribution in [3.8, 4) is 0 Å². The van der Waals surface area contributed by atoms with Crippen LogP contribution in [0.15, 0.2) is 33.5 Å². The molecule has 0 bridgehead atoms. The molecule has 0 aromatic carbocycles. The van der Waals surface area contributed by atoms with Crippen molar-refractivity contribution in [2.75, 3.05) is 6.61 Å². The minimum absolute atomic E-state index is 0.0261. The van der Waals surface area contributed by atoms with Gasteiger partial charge in [-0.3, -0.25) is 0 Å². The Morgan fingerprint density at radius 1 is 1.22 bits per heavy atom. The molecule has 0 unspecified atom stereocenters. The molecule has 132 valence electrons. The third kappa shape index (κ3) is 12.3. The largest absolute Gasteiger partial charge is 0.509 e. The van der Waals surface area contributed by atoms with Gasteiger partial charge in [0.25, 0.3) is 0 Å². The number of allylic oxidation sites excluding steroid dienone is 3. The average Bonchev–Trinajstić information content (AvgIpc) is 2.35. The first-order valence-corrected chi connectivity index (χ1v) is 8.79. The summed E-state index contributed by atoms with van der Waals surface area (Å²) < 4.78 is 11.9. The molecule has 0 aromatic rings. The molecule has 1 N–H and O–H groups in total. The molecular weight excluding hydrogens is 407 g/mol. The Labute approximate surface area is 153 Å². The molecule has 0 aromatic heterocycles. The van der Waals surface area contributed by atoms with Crippen LogP contribution in [-0.4, -0.2) is 29.6 Å². The Morgan fingerprint density at radius 3 is 2.30 bits per heavy atom. The molecule has 0 rings (SSSR count). The first-order chi connectivity index (χ1) is 10.5. The molecule has 4 nitrogen and oxygen atoms in total. The maximum Gasteiger partial charge on any atom is 0.509 e. The molecule has 0 aliphatic carbocycles. The smallest absolute Gasteiger partial charge is 0.429 e. The first kappa shape index (κ1) is 22.2. The van der Waals surface area contributed by atoms with Crippen molar-refractivity contribution < 1.29 is 19.4 Å². The van der Waals surface area contributed by atoms with Crippen molar-refractivity contribution in [3.05, 3.63) is 33.5 Å². The van der Waals surface area contributed by atoms with Gasteiger partial charge in [0.2, 0.25) is 0 Å². The van der Waals surface area contributed by atoms with Crippen LogP contribution in [-0.2, 0) is 9.47 Å². The summed E-state index contributed by atoms with van der Waals surface area (Å²) in [7, 11) is 0. The molecular formula is C18H29IO4. The van der Waals surface area contributed by atoms with Crippen LogP contribution in [0.5, 0.6) is 0 Å². The van der Waals surface area contributed by atoms with Crippen molar-refractivity contribution in [2.24, 2.45) is 5.92 Å². The molecule has 0 spiro atoms. The van der Waals surface area contributed by atoms with Gasteiger partial charge in [0.15, 0.2) is 0 Å². The number of hydrogen-bond donors (Lipinski definition) is 1. The van der Waals surface area contributed by atoms with Crippen LogP contribution in [0.4, 0.5) is 4.79 Å². The van der Waals surface area contributed by atoms with Crippen LogP contribution in [0, 0.1) is 5.92 Å². The zero-order valence-electron chi connectivity index (χ0n) is 14.9. The lowest BCUT2D eigenvalue weighted by Gasteiger charge is -2.24. The molecule has 0 radical (unpaired) electrons. The molecule has 0 saturated carbocycles. The summed E-state index contributed by atoms with van der Waals surface area (Å²) in [6.45, 7) is 11.4. The molecule has 0 aliphatic rings. The van der Waals surface area contributed by atoms with Gasteiger partial charge >= 0.3 is 6.16 Å². The minimum atomic E-state index is -0.663. The first-order valence-electron chi connectivity index (χ1n) is 7.72. The highest BCUT2D eigenvalue weighted by Crippen LogP contribution is 2.20. The zero-order chi connectivity index (χ0) is 18.0. The second-order valence-corrected chi connectivity index (χ2v) is 8.23. The molecule has 0 aliphatic heterocycles. The highest BCUT2D eigenvalue weighted by Gasteiger charge is 2.23. The van der Waals surface area contributed by atoms with Gasteiger partial charge in [0.1, 0.15) is 11.7 Å². The summed E-state index contributed by atoms with van der Waals surface area (Å²) >= 11 is 2.24. The maximum absolute atomic E-state index is 12.0. The lowest BCUT2D eigenvalue weighted by Crippen LogP contribution is -2.29. The molecule has 0 amide bonds. The number of hydrogen-bond acceptors (Lipinski definition) is 4. The number of rotatable bonds is 7. The third-order valence-corrected chi connectivity index (χ3v) is 3.15. The Morgan fingerprint density at radius 2 is 1.83 bits per heavy atom. The topological polar surface area (TPSA) is 55.8 Å². The number of carbonyl (C=O) groups is 1. The number of carbonyl (C=O) groups excluding carboxylic acids is 1. The number of aliphatic hydroxyl groups is 1. The highest BCUT2D eigenvalue weighted by atomic mass is 127. The predicted molar refractivity (Wildman–Crippen MR) is 103 cm³/mol. The van der Waals surface area contributed by atoms with Crippen molar-refractivity contribution in [1.82, 2.24) is 0 Å². The minimum Gasteiger partial charge on any atom is -0.429 e. The van der Waals surface area contributed by atoms with E-state index in [1.54, 1.807) is 6.08 Å². The molecule has 23 heavy (non-hydrogen) atoms. The van der Waals surface area contributed by atoms with Crippen molar-refractivity contribution in [1.29, 1.82) is 0 Å². The molecule has 0 saturated heterocycles. The lowest BCUT2D eigenvalue weighted by atomic mass is 10.0. The molecule has 5 heteroatoms. The van der Waals surface area contributed by atoms with Gasteiger partial charge in [0, 0.05) is 5.92 Å².